The monoisotopic (exact) mass is 277 g/mol. The fourth-order valence-electron chi connectivity index (χ4n) is 1.73. The van der Waals surface area contributed by atoms with Crippen LogP contribution in [0.5, 0.6) is 5.75 Å². The molecule has 0 saturated carbocycles. The lowest BCUT2D eigenvalue weighted by atomic mass is 10.1. The summed E-state index contributed by atoms with van der Waals surface area (Å²) in [6.07, 6.45) is 0. The van der Waals surface area contributed by atoms with E-state index in [1.807, 2.05) is 42.5 Å². The Morgan fingerprint density at radius 3 is 2.63 bits per heavy atom. The zero-order chi connectivity index (χ0) is 13.7. The molecule has 0 aliphatic rings. The molecule has 0 aliphatic carbocycles. The lowest BCUT2D eigenvalue weighted by Gasteiger charge is -2.09. The molecule has 2 aromatic rings. The van der Waals surface area contributed by atoms with E-state index in [2.05, 4.69) is 0 Å². The summed E-state index contributed by atoms with van der Waals surface area (Å²) in [5.41, 5.74) is 8.28. The third-order valence-electron chi connectivity index (χ3n) is 2.83. The summed E-state index contributed by atoms with van der Waals surface area (Å²) in [6, 6.07) is 13.1. The Labute approximate surface area is 117 Å². The molecule has 0 heterocycles. The third kappa shape index (κ3) is 3.70. The van der Waals surface area contributed by atoms with Gasteiger partial charge in [-0.3, -0.25) is 0 Å². The maximum Gasteiger partial charge on any atom is 0.120 e. The van der Waals surface area contributed by atoms with E-state index >= 15 is 0 Å². The molecule has 0 amide bonds. The highest BCUT2D eigenvalue weighted by molar-refractivity contribution is 6.31. The van der Waals surface area contributed by atoms with Crippen LogP contribution in [0.15, 0.2) is 42.5 Å². The zero-order valence-corrected chi connectivity index (χ0v) is 11.2. The lowest BCUT2D eigenvalue weighted by Crippen LogP contribution is -2.00. The first-order valence-corrected chi connectivity index (χ1v) is 6.40. The van der Waals surface area contributed by atoms with Crippen LogP contribution in [0.1, 0.15) is 16.7 Å². The van der Waals surface area contributed by atoms with E-state index in [-0.39, 0.29) is 6.61 Å². The Balaban J connectivity index is 2.05. The molecule has 3 N–H and O–H groups in total. The van der Waals surface area contributed by atoms with Crippen molar-refractivity contribution in [2.24, 2.45) is 5.73 Å². The van der Waals surface area contributed by atoms with Crippen molar-refractivity contribution in [1.29, 1.82) is 0 Å². The van der Waals surface area contributed by atoms with Gasteiger partial charge in [-0.15, -0.1) is 0 Å². The van der Waals surface area contributed by atoms with Crippen LogP contribution in [-0.4, -0.2) is 5.11 Å². The number of benzene rings is 2. The first-order valence-electron chi connectivity index (χ1n) is 6.03. The standard InChI is InChI=1S/C15H16ClNO2/c16-15-7-11(8-17)4-5-13(15)10-19-14-3-1-2-12(6-14)9-18/h1-7,18H,8-10,17H2. The summed E-state index contributed by atoms with van der Waals surface area (Å²) in [5.74, 6) is 0.713. The summed E-state index contributed by atoms with van der Waals surface area (Å²) < 4.78 is 5.66. The van der Waals surface area contributed by atoms with Crippen molar-refractivity contribution >= 4 is 11.6 Å². The molecule has 0 saturated heterocycles. The van der Waals surface area contributed by atoms with Crippen molar-refractivity contribution in [2.75, 3.05) is 0 Å². The van der Waals surface area contributed by atoms with Gasteiger partial charge in [0.2, 0.25) is 0 Å². The highest BCUT2D eigenvalue weighted by Gasteiger charge is 2.03. The first-order chi connectivity index (χ1) is 9.22. The minimum Gasteiger partial charge on any atom is -0.489 e. The molecule has 4 heteroatoms. The second-order valence-electron chi connectivity index (χ2n) is 4.22. The Hall–Kier alpha value is -1.55. The molecule has 3 nitrogen and oxygen atoms in total. The van der Waals surface area contributed by atoms with E-state index in [0.717, 1.165) is 16.7 Å². The van der Waals surface area contributed by atoms with Gasteiger partial charge in [0.1, 0.15) is 12.4 Å². The van der Waals surface area contributed by atoms with Crippen LogP contribution in [-0.2, 0) is 19.8 Å². The molecule has 0 bridgehead atoms. The predicted molar refractivity (Wildman–Crippen MR) is 76.0 cm³/mol. The van der Waals surface area contributed by atoms with E-state index in [9.17, 15) is 0 Å². The molecular weight excluding hydrogens is 262 g/mol. The van der Waals surface area contributed by atoms with Crippen molar-refractivity contribution in [2.45, 2.75) is 19.8 Å². The molecule has 0 fully saturated rings. The second-order valence-corrected chi connectivity index (χ2v) is 4.63. The van der Waals surface area contributed by atoms with Crippen LogP contribution < -0.4 is 10.5 Å². The zero-order valence-electron chi connectivity index (χ0n) is 10.5. The fourth-order valence-corrected chi connectivity index (χ4v) is 1.99. The number of halogens is 1. The molecule has 0 aromatic heterocycles. The van der Waals surface area contributed by atoms with Crippen LogP contribution in [0.25, 0.3) is 0 Å². The van der Waals surface area contributed by atoms with Crippen molar-refractivity contribution in [3.05, 3.63) is 64.2 Å². The van der Waals surface area contributed by atoms with Gasteiger partial charge in [-0.05, 0) is 29.3 Å². The van der Waals surface area contributed by atoms with Gasteiger partial charge in [0.15, 0.2) is 0 Å². The average Bonchev–Trinajstić information content (AvgIpc) is 2.46. The minimum absolute atomic E-state index is 0.00313. The molecule has 0 atom stereocenters. The van der Waals surface area contributed by atoms with Crippen molar-refractivity contribution in [1.82, 2.24) is 0 Å². The van der Waals surface area contributed by atoms with Crippen LogP contribution in [0, 0.1) is 0 Å². The average molecular weight is 278 g/mol. The van der Waals surface area contributed by atoms with Gasteiger partial charge < -0.3 is 15.6 Å². The fraction of sp³-hybridized carbons (Fsp3) is 0.200. The van der Waals surface area contributed by atoms with E-state index in [1.54, 1.807) is 0 Å². The Morgan fingerprint density at radius 2 is 1.95 bits per heavy atom. The number of nitrogens with two attached hydrogens (primary N) is 1. The molecule has 0 radical (unpaired) electrons. The molecule has 19 heavy (non-hydrogen) atoms. The number of hydrogen-bond donors (Lipinski definition) is 2. The van der Waals surface area contributed by atoms with Gasteiger partial charge in [-0.1, -0.05) is 35.9 Å². The van der Waals surface area contributed by atoms with Crippen molar-refractivity contribution in [3.63, 3.8) is 0 Å². The highest BCUT2D eigenvalue weighted by atomic mass is 35.5. The highest BCUT2D eigenvalue weighted by Crippen LogP contribution is 2.21. The van der Waals surface area contributed by atoms with E-state index in [1.165, 1.54) is 0 Å². The van der Waals surface area contributed by atoms with Gasteiger partial charge in [-0.25, -0.2) is 0 Å². The topological polar surface area (TPSA) is 55.5 Å². The van der Waals surface area contributed by atoms with Crippen LogP contribution in [0.3, 0.4) is 0 Å². The molecule has 100 valence electrons. The summed E-state index contributed by atoms with van der Waals surface area (Å²) in [6.45, 7) is 0.862. The molecule has 0 spiro atoms. The number of aliphatic hydroxyl groups excluding tert-OH is 1. The van der Waals surface area contributed by atoms with E-state index in [0.29, 0.717) is 23.9 Å². The third-order valence-corrected chi connectivity index (χ3v) is 3.18. The summed E-state index contributed by atoms with van der Waals surface area (Å²) in [4.78, 5) is 0. The summed E-state index contributed by atoms with van der Waals surface area (Å²) in [5, 5.41) is 9.71. The first kappa shape index (κ1) is 13.9. The van der Waals surface area contributed by atoms with Crippen molar-refractivity contribution < 1.29 is 9.84 Å². The normalized spacial score (nSPS) is 10.5. The van der Waals surface area contributed by atoms with Gasteiger partial charge >= 0.3 is 0 Å². The van der Waals surface area contributed by atoms with E-state index < -0.39 is 0 Å². The molecule has 2 rings (SSSR count). The largest absolute Gasteiger partial charge is 0.489 e. The van der Waals surface area contributed by atoms with Gasteiger partial charge in [0, 0.05) is 17.1 Å². The second kappa shape index (κ2) is 6.57. The summed E-state index contributed by atoms with van der Waals surface area (Å²) >= 11 is 6.16. The summed E-state index contributed by atoms with van der Waals surface area (Å²) in [7, 11) is 0. The molecular formula is C15H16ClNO2. The van der Waals surface area contributed by atoms with Crippen LogP contribution >= 0.6 is 11.6 Å². The van der Waals surface area contributed by atoms with Crippen molar-refractivity contribution in [3.8, 4) is 5.75 Å². The SMILES string of the molecule is NCc1ccc(COc2cccc(CO)c2)c(Cl)c1. The van der Waals surface area contributed by atoms with Crippen LogP contribution in [0.2, 0.25) is 5.02 Å². The number of aliphatic hydroxyl groups is 1. The van der Waals surface area contributed by atoms with Gasteiger partial charge in [-0.2, -0.15) is 0 Å². The Bertz CT molecular complexity index is 558. The number of ether oxygens (including phenoxy) is 1. The van der Waals surface area contributed by atoms with Gasteiger partial charge in [0.25, 0.3) is 0 Å². The minimum atomic E-state index is 0.00313. The quantitative estimate of drug-likeness (QED) is 0.884. The molecule has 0 unspecified atom stereocenters. The predicted octanol–water partition coefficient (Wildman–Crippen LogP) is 2.87. The lowest BCUT2D eigenvalue weighted by molar-refractivity contribution is 0.278. The van der Waals surface area contributed by atoms with Crippen LogP contribution in [0.4, 0.5) is 0 Å². The maximum atomic E-state index is 9.06. The molecule has 2 aromatic carbocycles. The number of rotatable bonds is 5. The Kier molecular flexibility index (Phi) is 4.80. The molecule has 0 aliphatic heterocycles. The Morgan fingerprint density at radius 1 is 1.11 bits per heavy atom. The van der Waals surface area contributed by atoms with Gasteiger partial charge in [0.05, 0.1) is 6.61 Å². The smallest absolute Gasteiger partial charge is 0.120 e. The number of hydrogen-bond acceptors (Lipinski definition) is 3. The van der Waals surface area contributed by atoms with E-state index in [4.69, 9.17) is 27.2 Å². The maximum absolute atomic E-state index is 9.06.